The highest BCUT2D eigenvalue weighted by atomic mass is 19.1. The number of benzene rings is 1. The van der Waals surface area contributed by atoms with E-state index in [2.05, 4.69) is 0 Å². The highest BCUT2D eigenvalue weighted by molar-refractivity contribution is 5.70. The van der Waals surface area contributed by atoms with Crippen molar-refractivity contribution in [3.05, 3.63) is 29.8 Å². The van der Waals surface area contributed by atoms with Crippen molar-refractivity contribution in [2.45, 2.75) is 13.8 Å². The van der Waals surface area contributed by atoms with E-state index in [1.54, 1.807) is 6.92 Å². The van der Waals surface area contributed by atoms with E-state index in [1.165, 1.54) is 17.9 Å². The van der Waals surface area contributed by atoms with Gasteiger partial charge in [0.25, 0.3) is 0 Å². The molecule has 0 aromatic heterocycles. The quantitative estimate of drug-likeness (QED) is 0.863. The minimum absolute atomic E-state index is 0.0731. The fourth-order valence-electron chi connectivity index (χ4n) is 1.58. The lowest BCUT2D eigenvalue weighted by Gasteiger charge is -2.25. The summed E-state index contributed by atoms with van der Waals surface area (Å²) in [5.41, 5.74) is -0.164. The molecule has 0 amide bonds. The third-order valence-electron chi connectivity index (χ3n) is 2.55. The third-order valence-corrected chi connectivity index (χ3v) is 2.55. The van der Waals surface area contributed by atoms with Gasteiger partial charge in [-0.2, -0.15) is 0 Å². The number of aliphatic carboxylic acids is 1. The highest BCUT2D eigenvalue weighted by Crippen LogP contribution is 2.23. The van der Waals surface area contributed by atoms with Gasteiger partial charge in [0.05, 0.1) is 5.92 Å². The summed E-state index contributed by atoms with van der Waals surface area (Å²) in [7, 11) is 0. The first-order valence-corrected chi connectivity index (χ1v) is 5.39. The Bertz CT molecular complexity index is 389. The van der Waals surface area contributed by atoms with Crippen LogP contribution in [-0.2, 0) is 4.79 Å². The van der Waals surface area contributed by atoms with Crippen molar-refractivity contribution in [1.82, 2.24) is 0 Å². The number of halogens is 2. The summed E-state index contributed by atoms with van der Waals surface area (Å²) in [5.74, 6) is -3.02. The Morgan fingerprint density at radius 3 is 2.35 bits per heavy atom. The lowest BCUT2D eigenvalue weighted by atomic mass is 10.1. The molecule has 1 N–H and O–H groups in total. The van der Waals surface area contributed by atoms with Gasteiger partial charge in [-0.1, -0.05) is 13.0 Å². The second-order valence-electron chi connectivity index (χ2n) is 3.85. The maximum atomic E-state index is 13.5. The van der Waals surface area contributed by atoms with Crippen LogP contribution in [0, 0.1) is 17.6 Å². The van der Waals surface area contributed by atoms with E-state index >= 15 is 0 Å². The zero-order valence-electron chi connectivity index (χ0n) is 9.78. The summed E-state index contributed by atoms with van der Waals surface area (Å²) in [5, 5.41) is 8.80. The molecule has 0 saturated carbocycles. The monoisotopic (exact) mass is 243 g/mol. The molecular weight excluding hydrogens is 228 g/mol. The second kappa shape index (κ2) is 5.61. The summed E-state index contributed by atoms with van der Waals surface area (Å²) in [6.45, 7) is 3.64. The Balaban J connectivity index is 2.98. The number of nitrogens with zero attached hydrogens (tertiary/aromatic N) is 1. The maximum absolute atomic E-state index is 13.5. The normalized spacial score (nSPS) is 12.2. The molecule has 0 fully saturated rings. The molecular formula is C12H15F2NO2. The van der Waals surface area contributed by atoms with Crippen LogP contribution in [0.15, 0.2) is 18.2 Å². The van der Waals surface area contributed by atoms with E-state index in [1.807, 2.05) is 0 Å². The van der Waals surface area contributed by atoms with Gasteiger partial charge in [-0.3, -0.25) is 4.79 Å². The van der Waals surface area contributed by atoms with Crippen LogP contribution in [0.1, 0.15) is 13.8 Å². The van der Waals surface area contributed by atoms with Crippen LogP contribution in [0.25, 0.3) is 0 Å². The molecule has 0 aliphatic heterocycles. The second-order valence-corrected chi connectivity index (χ2v) is 3.85. The largest absolute Gasteiger partial charge is 0.481 e. The van der Waals surface area contributed by atoms with Crippen molar-refractivity contribution in [2.75, 3.05) is 18.0 Å². The number of carbonyl (C=O) groups is 1. The van der Waals surface area contributed by atoms with Gasteiger partial charge >= 0.3 is 5.97 Å². The van der Waals surface area contributed by atoms with Crippen LogP contribution in [0.3, 0.4) is 0 Å². The Kier molecular flexibility index (Phi) is 4.43. The molecule has 1 atom stereocenters. The minimum atomic E-state index is -0.986. The van der Waals surface area contributed by atoms with Crippen molar-refractivity contribution in [3.8, 4) is 0 Å². The molecule has 0 spiro atoms. The van der Waals surface area contributed by atoms with Crippen molar-refractivity contribution in [1.29, 1.82) is 0 Å². The van der Waals surface area contributed by atoms with Gasteiger partial charge < -0.3 is 10.0 Å². The van der Waals surface area contributed by atoms with E-state index < -0.39 is 23.5 Å². The number of hydrogen-bond donors (Lipinski definition) is 1. The van der Waals surface area contributed by atoms with Crippen molar-refractivity contribution >= 4 is 11.7 Å². The number of carboxylic acid groups (broad SMARTS) is 1. The summed E-state index contributed by atoms with van der Waals surface area (Å²) < 4.78 is 27.0. The highest BCUT2D eigenvalue weighted by Gasteiger charge is 2.20. The molecule has 0 bridgehead atoms. The van der Waals surface area contributed by atoms with E-state index in [9.17, 15) is 13.6 Å². The van der Waals surface area contributed by atoms with Crippen LogP contribution < -0.4 is 4.90 Å². The van der Waals surface area contributed by atoms with Gasteiger partial charge in [-0.15, -0.1) is 0 Å². The maximum Gasteiger partial charge on any atom is 0.308 e. The summed E-state index contributed by atoms with van der Waals surface area (Å²) >= 11 is 0. The van der Waals surface area contributed by atoms with E-state index in [-0.39, 0.29) is 12.2 Å². The average molecular weight is 243 g/mol. The topological polar surface area (TPSA) is 40.5 Å². The molecule has 17 heavy (non-hydrogen) atoms. The first-order valence-electron chi connectivity index (χ1n) is 5.39. The van der Waals surface area contributed by atoms with Crippen LogP contribution in [-0.4, -0.2) is 24.2 Å². The van der Waals surface area contributed by atoms with Crippen LogP contribution in [0.4, 0.5) is 14.5 Å². The standard InChI is InChI=1S/C12H15F2NO2/c1-3-15(7-8(2)12(16)17)11-9(13)5-4-6-10(11)14/h4-6,8H,3,7H2,1-2H3,(H,16,17). The number of anilines is 1. The Morgan fingerprint density at radius 2 is 1.94 bits per heavy atom. The molecule has 0 heterocycles. The third kappa shape index (κ3) is 3.15. The summed E-state index contributed by atoms with van der Waals surface area (Å²) in [6.07, 6.45) is 0. The molecule has 1 unspecified atom stereocenters. The smallest absolute Gasteiger partial charge is 0.308 e. The zero-order valence-corrected chi connectivity index (χ0v) is 9.78. The molecule has 3 nitrogen and oxygen atoms in total. The molecule has 5 heteroatoms. The number of hydrogen-bond acceptors (Lipinski definition) is 2. The molecule has 0 radical (unpaired) electrons. The van der Waals surface area contributed by atoms with Gasteiger partial charge in [0.1, 0.15) is 17.3 Å². The predicted octanol–water partition coefficient (Wildman–Crippen LogP) is 2.51. The fourth-order valence-corrected chi connectivity index (χ4v) is 1.58. The van der Waals surface area contributed by atoms with Gasteiger partial charge in [0, 0.05) is 13.1 Å². The SMILES string of the molecule is CCN(CC(C)C(=O)O)c1c(F)cccc1F. The van der Waals surface area contributed by atoms with E-state index in [0.717, 1.165) is 12.1 Å². The molecule has 0 saturated heterocycles. The summed E-state index contributed by atoms with van der Waals surface area (Å²) in [4.78, 5) is 12.1. The Morgan fingerprint density at radius 1 is 1.41 bits per heavy atom. The first-order chi connectivity index (χ1) is 7.97. The van der Waals surface area contributed by atoms with Gasteiger partial charge in [-0.05, 0) is 19.1 Å². The van der Waals surface area contributed by atoms with E-state index in [4.69, 9.17) is 5.11 Å². The average Bonchev–Trinajstić information content (AvgIpc) is 2.26. The van der Waals surface area contributed by atoms with Gasteiger partial charge in [0.2, 0.25) is 0 Å². The summed E-state index contributed by atoms with van der Waals surface area (Å²) in [6, 6.07) is 3.60. The van der Waals surface area contributed by atoms with Gasteiger partial charge in [-0.25, -0.2) is 8.78 Å². The molecule has 0 aliphatic rings. The Labute approximate surface area is 98.7 Å². The van der Waals surface area contributed by atoms with Crippen molar-refractivity contribution in [3.63, 3.8) is 0 Å². The first kappa shape index (κ1) is 13.4. The zero-order chi connectivity index (χ0) is 13.0. The number of carboxylic acids is 1. The lowest BCUT2D eigenvalue weighted by Crippen LogP contribution is -2.33. The van der Waals surface area contributed by atoms with Crippen molar-refractivity contribution < 1.29 is 18.7 Å². The molecule has 1 rings (SSSR count). The lowest BCUT2D eigenvalue weighted by molar-refractivity contribution is -0.140. The van der Waals surface area contributed by atoms with Crippen LogP contribution in [0.5, 0.6) is 0 Å². The number of para-hydroxylation sites is 1. The van der Waals surface area contributed by atoms with E-state index in [0.29, 0.717) is 6.54 Å². The Hall–Kier alpha value is -1.65. The molecule has 0 aliphatic carbocycles. The molecule has 94 valence electrons. The van der Waals surface area contributed by atoms with Crippen LogP contribution in [0.2, 0.25) is 0 Å². The number of rotatable bonds is 5. The fraction of sp³-hybridized carbons (Fsp3) is 0.417. The predicted molar refractivity (Wildman–Crippen MR) is 61.0 cm³/mol. The van der Waals surface area contributed by atoms with Crippen molar-refractivity contribution in [2.24, 2.45) is 5.92 Å². The minimum Gasteiger partial charge on any atom is -0.481 e. The van der Waals surface area contributed by atoms with Gasteiger partial charge in [0.15, 0.2) is 0 Å². The molecule has 1 aromatic carbocycles. The van der Waals surface area contributed by atoms with Crippen LogP contribution >= 0.6 is 0 Å². The molecule has 1 aromatic rings.